The van der Waals surface area contributed by atoms with Crippen LogP contribution in [0.15, 0.2) is 24.3 Å². The maximum absolute atomic E-state index is 13.0. The minimum Gasteiger partial charge on any atom is -0.444 e. The molecule has 0 radical (unpaired) electrons. The van der Waals surface area contributed by atoms with Crippen LogP contribution in [0.4, 0.5) is 18.0 Å². The van der Waals surface area contributed by atoms with E-state index in [0.717, 1.165) is 16.0 Å². The zero-order valence-electron chi connectivity index (χ0n) is 18.2. The Bertz CT molecular complexity index is 799. The number of alkyl halides is 3. The number of carbonyl (C=O) groups is 2. The van der Waals surface area contributed by atoms with Crippen LogP contribution in [0.5, 0.6) is 0 Å². The third-order valence-electron chi connectivity index (χ3n) is 5.59. The van der Waals surface area contributed by atoms with Crippen LogP contribution in [0.2, 0.25) is 0 Å². The molecule has 0 aromatic heterocycles. The molecule has 6 nitrogen and oxygen atoms in total. The maximum atomic E-state index is 13.0. The molecule has 0 saturated carbocycles. The number of hydrogen-bond donors (Lipinski definition) is 0. The lowest BCUT2D eigenvalue weighted by Gasteiger charge is -2.36. The number of amides is 2. The lowest BCUT2D eigenvalue weighted by molar-refractivity contribution is -0.186. The van der Waals surface area contributed by atoms with Gasteiger partial charge in [0, 0.05) is 39.3 Å². The summed E-state index contributed by atoms with van der Waals surface area (Å²) >= 11 is 0. The fraction of sp³-hybridized carbons (Fsp3) is 0.636. The second-order valence-corrected chi connectivity index (χ2v) is 9.10. The number of hydrogen-bond acceptors (Lipinski definition) is 4. The number of halogens is 3. The summed E-state index contributed by atoms with van der Waals surface area (Å²) in [5, 5.41) is 0. The predicted molar refractivity (Wildman–Crippen MR) is 109 cm³/mol. The van der Waals surface area contributed by atoms with Crippen molar-refractivity contribution in [1.29, 1.82) is 0 Å². The van der Waals surface area contributed by atoms with Gasteiger partial charge < -0.3 is 14.5 Å². The lowest BCUT2D eigenvalue weighted by atomic mass is 9.97. The summed E-state index contributed by atoms with van der Waals surface area (Å²) in [6.45, 7) is 8.50. The number of carbonyl (C=O) groups excluding carboxylic acids is 2. The molecular formula is C22H30F3N3O3. The first-order valence-corrected chi connectivity index (χ1v) is 10.6. The van der Waals surface area contributed by atoms with Gasteiger partial charge in [0.2, 0.25) is 0 Å². The van der Waals surface area contributed by atoms with Gasteiger partial charge in [-0.15, -0.1) is 0 Å². The molecule has 1 aromatic carbocycles. The molecule has 1 aromatic rings. The van der Waals surface area contributed by atoms with Gasteiger partial charge in [-0.05, 0) is 44.7 Å². The number of ether oxygens (including phenoxy) is 1. The van der Waals surface area contributed by atoms with Gasteiger partial charge >= 0.3 is 18.2 Å². The number of rotatable bonds is 3. The number of nitrogens with zero attached hydrogens (tertiary/aromatic N) is 3. The van der Waals surface area contributed by atoms with Crippen LogP contribution in [-0.4, -0.2) is 71.2 Å². The fourth-order valence-electron chi connectivity index (χ4n) is 4.16. The minimum atomic E-state index is -4.87. The standard InChI is InChI=1S/C22H30F3N3O3/c1-21(2,3)31-20(30)27-13-11-26(12-14-27)15-16-7-4-5-8-17(16)18-9-6-10-28(18)19(29)22(23,24)25/h4-5,7-8,18H,6,9-15H2,1-3H3. The molecule has 9 heteroatoms. The normalized spacial score (nSPS) is 20.8. The van der Waals surface area contributed by atoms with Gasteiger partial charge in [-0.25, -0.2) is 4.79 Å². The number of likely N-dealkylation sites (tertiary alicyclic amines) is 1. The summed E-state index contributed by atoms with van der Waals surface area (Å²) in [5.41, 5.74) is 1.14. The zero-order chi connectivity index (χ0) is 22.8. The Morgan fingerprint density at radius 3 is 2.29 bits per heavy atom. The minimum absolute atomic E-state index is 0.117. The van der Waals surface area contributed by atoms with E-state index >= 15 is 0 Å². The zero-order valence-corrected chi connectivity index (χ0v) is 18.2. The van der Waals surface area contributed by atoms with Gasteiger partial charge in [0.25, 0.3) is 0 Å². The Hall–Kier alpha value is -2.29. The maximum Gasteiger partial charge on any atom is 0.471 e. The SMILES string of the molecule is CC(C)(C)OC(=O)N1CCN(Cc2ccccc2C2CCCN2C(=O)C(F)(F)F)CC1. The van der Waals surface area contributed by atoms with E-state index in [1.165, 1.54) is 0 Å². The van der Waals surface area contributed by atoms with Gasteiger partial charge in [0.1, 0.15) is 5.60 Å². The summed E-state index contributed by atoms with van der Waals surface area (Å²) < 4.78 is 44.5. The second-order valence-electron chi connectivity index (χ2n) is 9.10. The molecule has 2 aliphatic rings. The quantitative estimate of drug-likeness (QED) is 0.713. The van der Waals surface area contributed by atoms with Crippen molar-refractivity contribution in [2.75, 3.05) is 32.7 Å². The molecule has 2 heterocycles. The van der Waals surface area contributed by atoms with E-state index in [1.54, 1.807) is 11.0 Å². The van der Waals surface area contributed by atoms with Crippen molar-refractivity contribution in [1.82, 2.24) is 14.7 Å². The Labute approximate surface area is 180 Å². The summed E-state index contributed by atoms with van der Waals surface area (Å²) in [6.07, 6.45) is -4.13. The fourth-order valence-corrected chi connectivity index (χ4v) is 4.16. The van der Waals surface area contributed by atoms with E-state index in [0.29, 0.717) is 45.6 Å². The van der Waals surface area contributed by atoms with Gasteiger partial charge in [-0.3, -0.25) is 9.69 Å². The van der Waals surface area contributed by atoms with E-state index in [1.807, 2.05) is 39.0 Å². The van der Waals surface area contributed by atoms with E-state index in [2.05, 4.69) is 4.90 Å². The lowest BCUT2D eigenvalue weighted by Crippen LogP contribution is -2.49. The van der Waals surface area contributed by atoms with Gasteiger partial charge in [-0.1, -0.05) is 24.3 Å². The highest BCUT2D eigenvalue weighted by Crippen LogP contribution is 2.37. The van der Waals surface area contributed by atoms with Crippen LogP contribution in [0.3, 0.4) is 0 Å². The number of benzene rings is 1. The van der Waals surface area contributed by atoms with Crippen LogP contribution in [0, 0.1) is 0 Å². The molecule has 31 heavy (non-hydrogen) atoms. The van der Waals surface area contributed by atoms with E-state index < -0.39 is 23.7 Å². The van der Waals surface area contributed by atoms with Crippen molar-refractivity contribution in [2.24, 2.45) is 0 Å². The van der Waals surface area contributed by atoms with Crippen LogP contribution in [0.25, 0.3) is 0 Å². The van der Waals surface area contributed by atoms with Crippen LogP contribution in [0.1, 0.15) is 50.8 Å². The summed E-state index contributed by atoms with van der Waals surface area (Å²) in [5.74, 6) is -1.77. The van der Waals surface area contributed by atoms with Crippen molar-refractivity contribution in [3.05, 3.63) is 35.4 Å². The predicted octanol–water partition coefficient (Wildman–Crippen LogP) is 3.97. The third kappa shape index (κ3) is 5.90. The van der Waals surface area contributed by atoms with E-state index in [9.17, 15) is 22.8 Å². The van der Waals surface area contributed by atoms with Crippen molar-refractivity contribution >= 4 is 12.0 Å². The van der Waals surface area contributed by atoms with Gasteiger partial charge in [-0.2, -0.15) is 13.2 Å². The van der Waals surface area contributed by atoms with Gasteiger partial charge in [0.15, 0.2) is 0 Å². The summed E-state index contributed by atoms with van der Waals surface area (Å²) in [4.78, 5) is 28.9. The average Bonchev–Trinajstić information content (AvgIpc) is 3.15. The van der Waals surface area contributed by atoms with Crippen LogP contribution >= 0.6 is 0 Å². The first-order valence-electron chi connectivity index (χ1n) is 10.6. The summed E-state index contributed by atoms with van der Waals surface area (Å²) in [6, 6.07) is 6.82. The molecule has 0 N–H and O–H groups in total. The highest BCUT2D eigenvalue weighted by molar-refractivity contribution is 5.82. The molecule has 0 aliphatic carbocycles. The van der Waals surface area contributed by atoms with E-state index in [4.69, 9.17) is 4.74 Å². The Kier molecular flexibility index (Phi) is 6.83. The molecule has 1 atom stereocenters. The second kappa shape index (κ2) is 9.06. The number of piperazine rings is 1. The van der Waals surface area contributed by atoms with Crippen molar-refractivity contribution in [3.63, 3.8) is 0 Å². The largest absolute Gasteiger partial charge is 0.471 e. The first-order chi connectivity index (χ1) is 14.5. The Morgan fingerprint density at radius 2 is 1.68 bits per heavy atom. The van der Waals surface area contributed by atoms with Crippen LogP contribution < -0.4 is 0 Å². The highest BCUT2D eigenvalue weighted by Gasteiger charge is 2.46. The van der Waals surface area contributed by atoms with Crippen molar-refractivity contribution < 1.29 is 27.5 Å². The Balaban J connectivity index is 1.66. The smallest absolute Gasteiger partial charge is 0.444 e. The summed E-state index contributed by atoms with van der Waals surface area (Å²) in [7, 11) is 0. The average molecular weight is 441 g/mol. The molecule has 2 aliphatic heterocycles. The molecule has 172 valence electrons. The molecule has 2 amide bonds. The highest BCUT2D eigenvalue weighted by atomic mass is 19.4. The molecule has 0 spiro atoms. The molecule has 2 fully saturated rings. The van der Waals surface area contributed by atoms with Crippen molar-refractivity contribution in [3.8, 4) is 0 Å². The topological polar surface area (TPSA) is 53.1 Å². The Morgan fingerprint density at radius 1 is 1.03 bits per heavy atom. The first kappa shape index (κ1) is 23.4. The van der Waals surface area contributed by atoms with Crippen molar-refractivity contribution in [2.45, 2.75) is 58.0 Å². The monoisotopic (exact) mass is 441 g/mol. The molecular weight excluding hydrogens is 411 g/mol. The molecule has 3 rings (SSSR count). The van der Waals surface area contributed by atoms with Crippen LogP contribution in [-0.2, 0) is 16.1 Å². The van der Waals surface area contributed by atoms with Gasteiger partial charge in [0.05, 0.1) is 6.04 Å². The molecule has 0 bridgehead atoms. The molecule has 2 saturated heterocycles. The van der Waals surface area contributed by atoms with E-state index in [-0.39, 0.29) is 12.6 Å². The molecule has 1 unspecified atom stereocenters. The third-order valence-corrected chi connectivity index (χ3v) is 5.59.